The predicted molar refractivity (Wildman–Crippen MR) is 122 cm³/mol. The van der Waals surface area contributed by atoms with E-state index in [1.54, 1.807) is 17.0 Å². The zero-order valence-electron chi connectivity index (χ0n) is 18.1. The van der Waals surface area contributed by atoms with Crippen molar-refractivity contribution in [2.24, 2.45) is 0 Å². The Kier molecular flexibility index (Phi) is 5.86. The van der Waals surface area contributed by atoms with Crippen LogP contribution in [0.1, 0.15) is 48.4 Å². The van der Waals surface area contributed by atoms with E-state index in [9.17, 15) is 18.8 Å². The van der Waals surface area contributed by atoms with Gasteiger partial charge >= 0.3 is 5.97 Å². The van der Waals surface area contributed by atoms with E-state index in [2.05, 4.69) is 11.4 Å². The molecule has 1 N–H and O–H groups in total. The summed E-state index contributed by atoms with van der Waals surface area (Å²) in [6.45, 7) is -0.385. The molecule has 2 aliphatic heterocycles. The van der Waals surface area contributed by atoms with E-state index in [1.165, 1.54) is 29.5 Å². The highest BCUT2D eigenvalue weighted by molar-refractivity contribution is 8.00. The average molecular weight is 469 g/mol. The SMILES string of the molecule is O=C(COC(=O)[C@@H]1CS[C@@]2(c3ccc(F)cc3)CCC(=O)N12)N[C@@H]1CCCc2ccccc21. The molecule has 3 aliphatic rings. The molecule has 2 fully saturated rings. The van der Waals surface area contributed by atoms with Crippen molar-refractivity contribution >= 4 is 29.5 Å². The summed E-state index contributed by atoms with van der Waals surface area (Å²) in [5, 5.41) is 2.98. The molecule has 2 aromatic carbocycles. The number of esters is 1. The molecule has 0 saturated carbocycles. The fraction of sp³-hybridized carbons (Fsp3) is 0.400. The summed E-state index contributed by atoms with van der Waals surface area (Å²) in [4.78, 5) is 39.0. The number of amides is 2. The topological polar surface area (TPSA) is 75.7 Å². The largest absolute Gasteiger partial charge is 0.454 e. The Morgan fingerprint density at radius 2 is 1.94 bits per heavy atom. The molecule has 2 heterocycles. The fourth-order valence-electron chi connectivity index (χ4n) is 5.20. The van der Waals surface area contributed by atoms with Crippen LogP contribution in [0.2, 0.25) is 0 Å². The second-order valence-corrected chi connectivity index (χ2v) is 10.00. The van der Waals surface area contributed by atoms with Gasteiger partial charge in [-0.25, -0.2) is 9.18 Å². The highest BCUT2D eigenvalue weighted by Gasteiger charge is 2.57. The zero-order chi connectivity index (χ0) is 23.0. The number of carbonyl (C=O) groups excluding carboxylic acids is 3. The van der Waals surface area contributed by atoms with Gasteiger partial charge in [-0.1, -0.05) is 36.4 Å². The standard InChI is InChI=1S/C25H25FN2O4S/c26-18-10-8-17(9-11-18)25-13-12-23(30)28(25)21(15-33-25)24(31)32-14-22(29)27-20-7-3-5-16-4-1-2-6-19(16)20/h1-2,4,6,8-11,20-21H,3,5,7,12-15H2,(H,27,29)/t20-,21+,25-/m1/s1. The lowest BCUT2D eigenvalue weighted by Gasteiger charge is -2.33. The second-order valence-electron chi connectivity index (χ2n) is 8.70. The number of aryl methyl sites for hydroxylation is 1. The maximum absolute atomic E-state index is 13.4. The summed E-state index contributed by atoms with van der Waals surface area (Å²) in [6.07, 6.45) is 3.70. The van der Waals surface area contributed by atoms with Gasteiger partial charge in [0.2, 0.25) is 5.91 Å². The molecule has 1 aliphatic carbocycles. The summed E-state index contributed by atoms with van der Waals surface area (Å²) < 4.78 is 18.8. The minimum atomic E-state index is -0.766. The van der Waals surface area contributed by atoms with E-state index in [0.29, 0.717) is 18.6 Å². The Labute approximate surface area is 195 Å². The third-order valence-electron chi connectivity index (χ3n) is 6.74. The summed E-state index contributed by atoms with van der Waals surface area (Å²) in [5.41, 5.74) is 3.14. The quantitative estimate of drug-likeness (QED) is 0.681. The van der Waals surface area contributed by atoms with Crippen LogP contribution in [0.25, 0.3) is 0 Å². The van der Waals surface area contributed by atoms with E-state index in [-0.39, 0.29) is 30.3 Å². The maximum Gasteiger partial charge on any atom is 0.330 e. The van der Waals surface area contributed by atoms with Crippen LogP contribution in [-0.2, 0) is 30.4 Å². The van der Waals surface area contributed by atoms with Gasteiger partial charge in [0.25, 0.3) is 5.91 Å². The lowest BCUT2D eigenvalue weighted by Crippen LogP contribution is -2.47. The molecular formula is C25H25FN2O4S. The lowest BCUT2D eigenvalue weighted by molar-refractivity contribution is -0.156. The third kappa shape index (κ3) is 4.01. The van der Waals surface area contributed by atoms with Crippen molar-refractivity contribution in [2.75, 3.05) is 12.4 Å². The number of halogens is 1. The molecule has 33 heavy (non-hydrogen) atoms. The summed E-state index contributed by atoms with van der Waals surface area (Å²) in [7, 11) is 0. The van der Waals surface area contributed by atoms with Crippen molar-refractivity contribution in [3.8, 4) is 0 Å². The minimum Gasteiger partial charge on any atom is -0.454 e. The number of benzene rings is 2. The van der Waals surface area contributed by atoms with Crippen LogP contribution < -0.4 is 5.32 Å². The number of fused-ring (bicyclic) bond motifs is 2. The number of nitrogens with one attached hydrogen (secondary N) is 1. The highest BCUT2D eigenvalue weighted by Crippen LogP contribution is 2.54. The highest BCUT2D eigenvalue weighted by atomic mass is 32.2. The van der Waals surface area contributed by atoms with Crippen molar-refractivity contribution in [3.05, 3.63) is 71.0 Å². The maximum atomic E-state index is 13.4. The second kappa shape index (κ2) is 8.82. The van der Waals surface area contributed by atoms with Gasteiger partial charge in [-0.2, -0.15) is 0 Å². The molecule has 2 saturated heterocycles. The Balaban J connectivity index is 1.23. The van der Waals surface area contributed by atoms with Gasteiger partial charge in [-0.15, -0.1) is 11.8 Å². The van der Waals surface area contributed by atoms with Gasteiger partial charge in [0, 0.05) is 12.2 Å². The van der Waals surface area contributed by atoms with Gasteiger partial charge in [0.05, 0.1) is 6.04 Å². The number of hydrogen-bond donors (Lipinski definition) is 1. The van der Waals surface area contributed by atoms with E-state index >= 15 is 0 Å². The van der Waals surface area contributed by atoms with Crippen LogP contribution in [0.15, 0.2) is 48.5 Å². The van der Waals surface area contributed by atoms with Crippen LogP contribution in [0.4, 0.5) is 4.39 Å². The van der Waals surface area contributed by atoms with Gasteiger partial charge < -0.3 is 15.0 Å². The van der Waals surface area contributed by atoms with Crippen LogP contribution in [0.5, 0.6) is 0 Å². The van der Waals surface area contributed by atoms with Crippen LogP contribution in [0.3, 0.4) is 0 Å². The van der Waals surface area contributed by atoms with Crippen molar-refractivity contribution in [1.29, 1.82) is 0 Å². The summed E-state index contributed by atoms with van der Waals surface area (Å²) in [6, 6.07) is 13.3. The number of carbonyl (C=O) groups is 3. The molecule has 0 spiro atoms. The average Bonchev–Trinajstić information content (AvgIpc) is 3.37. The molecule has 0 bridgehead atoms. The van der Waals surface area contributed by atoms with Gasteiger partial charge in [0.1, 0.15) is 16.7 Å². The molecule has 8 heteroatoms. The normalized spacial score (nSPS) is 26.0. The number of hydrogen-bond acceptors (Lipinski definition) is 5. The molecule has 0 unspecified atom stereocenters. The molecule has 2 aromatic rings. The van der Waals surface area contributed by atoms with Gasteiger partial charge in [-0.3, -0.25) is 9.59 Å². The first-order valence-corrected chi connectivity index (χ1v) is 12.2. The van der Waals surface area contributed by atoms with Crippen LogP contribution in [-0.4, -0.2) is 41.1 Å². The minimum absolute atomic E-state index is 0.0885. The molecular weight excluding hydrogens is 443 g/mol. The molecule has 2 amide bonds. The van der Waals surface area contributed by atoms with Crippen molar-refractivity contribution in [3.63, 3.8) is 0 Å². The molecule has 172 valence electrons. The van der Waals surface area contributed by atoms with E-state index < -0.39 is 16.9 Å². The Morgan fingerprint density at radius 3 is 2.76 bits per heavy atom. The van der Waals surface area contributed by atoms with Crippen molar-refractivity contribution in [2.45, 2.75) is 49.1 Å². The molecule has 0 aromatic heterocycles. The Hall–Kier alpha value is -2.87. The predicted octanol–water partition coefficient (Wildman–Crippen LogP) is 3.45. The van der Waals surface area contributed by atoms with Crippen LogP contribution in [0, 0.1) is 5.82 Å². The Bertz CT molecular complexity index is 1090. The van der Waals surface area contributed by atoms with E-state index in [0.717, 1.165) is 30.4 Å². The molecule has 5 rings (SSSR count). The molecule has 6 nitrogen and oxygen atoms in total. The first-order valence-electron chi connectivity index (χ1n) is 11.2. The van der Waals surface area contributed by atoms with Crippen LogP contribution >= 0.6 is 11.8 Å². The molecule has 3 atom stereocenters. The zero-order valence-corrected chi connectivity index (χ0v) is 18.9. The van der Waals surface area contributed by atoms with E-state index in [4.69, 9.17) is 4.74 Å². The van der Waals surface area contributed by atoms with Crippen molar-refractivity contribution < 1.29 is 23.5 Å². The number of thioether (sulfide) groups is 1. The van der Waals surface area contributed by atoms with E-state index in [1.807, 2.05) is 18.2 Å². The smallest absolute Gasteiger partial charge is 0.330 e. The molecule has 0 radical (unpaired) electrons. The Morgan fingerprint density at radius 1 is 1.15 bits per heavy atom. The van der Waals surface area contributed by atoms with Gasteiger partial charge in [-0.05, 0) is 54.5 Å². The monoisotopic (exact) mass is 468 g/mol. The first-order chi connectivity index (χ1) is 16.0. The summed E-state index contributed by atoms with van der Waals surface area (Å²) in [5.74, 6) is -1.04. The third-order valence-corrected chi connectivity index (χ3v) is 8.34. The fourth-order valence-corrected chi connectivity index (χ4v) is 6.84. The lowest BCUT2D eigenvalue weighted by atomic mass is 9.88. The number of ether oxygens (including phenoxy) is 1. The van der Waals surface area contributed by atoms with Gasteiger partial charge in [0.15, 0.2) is 6.61 Å². The van der Waals surface area contributed by atoms with Crippen molar-refractivity contribution in [1.82, 2.24) is 10.2 Å². The number of rotatable bonds is 5. The summed E-state index contributed by atoms with van der Waals surface area (Å²) >= 11 is 1.50. The number of nitrogens with zero attached hydrogens (tertiary/aromatic N) is 1. The first kappa shape index (κ1) is 21.9.